The molecule has 2 amide bonds. The number of hydrogen-bond acceptors (Lipinski definition) is 5. The van der Waals surface area contributed by atoms with Crippen LogP contribution in [0.15, 0.2) is 47.1 Å². The lowest BCUT2D eigenvalue weighted by molar-refractivity contribution is -0.139. The highest BCUT2D eigenvalue weighted by Gasteiger charge is 2.15. The van der Waals surface area contributed by atoms with E-state index in [4.69, 9.17) is 9.15 Å². The molecular formula is C17H20N2O5. The molecule has 2 rings (SSSR count). The molecule has 1 heterocycles. The number of amides is 2. The second kappa shape index (κ2) is 8.73. The van der Waals surface area contributed by atoms with E-state index in [1.165, 1.54) is 13.4 Å². The molecule has 0 saturated heterocycles. The second-order valence-electron chi connectivity index (χ2n) is 5.07. The average Bonchev–Trinajstić information content (AvgIpc) is 3.14. The highest BCUT2D eigenvalue weighted by molar-refractivity contribution is 6.35. The molecule has 128 valence electrons. The molecule has 0 fully saturated rings. The van der Waals surface area contributed by atoms with Crippen molar-refractivity contribution >= 4 is 11.8 Å². The molecule has 7 nitrogen and oxygen atoms in total. The molecule has 1 atom stereocenters. The van der Waals surface area contributed by atoms with Crippen molar-refractivity contribution in [2.75, 3.05) is 13.7 Å². The topological polar surface area (TPSA) is 101 Å². The maximum atomic E-state index is 11.8. The SMILES string of the molecule is COc1ccccc1CNC(=O)C(=O)NCC[C@H](O)c1ccco1. The maximum Gasteiger partial charge on any atom is 0.309 e. The lowest BCUT2D eigenvalue weighted by atomic mass is 10.2. The third-order valence-electron chi connectivity index (χ3n) is 3.41. The van der Waals surface area contributed by atoms with Crippen LogP contribution in [0.25, 0.3) is 0 Å². The van der Waals surface area contributed by atoms with Gasteiger partial charge >= 0.3 is 11.8 Å². The number of nitrogens with one attached hydrogen (secondary N) is 2. The minimum atomic E-state index is -0.822. The first-order chi connectivity index (χ1) is 11.6. The number of ether oxygens (including phenoxy) is 1. The van der Waals surface area contributed by atoms with E-state index in [1.54, 1.807) is 24.3 Å². The van der Waals surface area contributed by atoms with Crippen molar-refractivity contribution in [3.8, 4) is 5.75 Å². The van der Waals surface area contributed by atoms with Crippen LogP contribution < -0.4 is 15.4 Å². The molecule has 2 aromatic rings. The number of furan rings is 1. The molecule has 0 saturated carbocycles. The minimum Gasteiger partial charge on any atom is -0.496 e. The Labute approximate surface area is 139 Å². The predicted octanol–water partition coefficient (Wildman–Crippen LogP) is 1.14. The number of carbonyl (C=O) groups is 2. The van der Waals surface area contributed by atoms with Gasteiger partial charge in [0.05, 0.1) is 13.4 Å². The Morgan fingerprint density at radius 3 is 2.62 bits per heavy atom. The summed E-state index contributed by atoms with van der Waals surface area (Å²) in [6, 6.07) is 10.5. The standard InChI is InChI=1S/C17H20N2O5/c1-23-14-6-3-2-5-12(14)11-19-17(22)16(21)18-9-8-13(20)15-7-4-10-24-15/h2-7,10,13,20H,8-9,11H2,1H3,(H,18,21)(H,19,22)/t13-/m0/s1. The molecule has 7 heteroatoms. The van der Waals surface area contributed by atoms with Crippen molar-refractivity contribution in [3.05, 3.63) is 54.0 Å². The first-order valence-corrected chi connectivity index (χ1v) is 7.51. The molecule has 24 heavy (non-hydrogen) atoms. The Kier molecular flexibility index (Phi) is 6.39. The summed E-state index contributed by atoms with van der Waals surface area (Å²) in [6.07, 6.45) is 0.888. The molecule has 0 aliphatic carbocycles. The molecule has 0 aliphatic heterocycles. The van der Waals surface area contributed by atoms with Gasteiger partial charge < -0.3 is 24.9 Å². The Balaban J connectivity index is 1.73. The second-order valence-corrected chi connectivity index (χ2v) is 5.07. The Morgan fingerprint density at radius 2 is 1.92 bits per heavy atom. The number of rotatable bonds is 7. The van der Waals surface area contributed by atoms with Gasteiger partial charge in [0, 0.05) is 18.7 Å². The predicted molar refractivity (Wildman–Crippen MR) is 86.1 cm³/mol. The average molecular weight is 332 g/mol. The van der Waals surface area contributed by atoms with Gasteiger partial charge in [-0.05, 0) is 24.6 Å². The fourth-order valence-electron chi connectivity index (χ4n) is 2.13. The summed E-state index contributed by atoms with van der Waals surface area (Å²) in [5.74, 6) is -0.436. The van der Waals surface area contributed by atoms with Gasteiger partial charge in [0.25, 0.3) is 0 Å². The molecule has 1 aromatic heterocycles. The van der Waals surface area contributed by atoms with Crippen LogP contribution in [0.2, 0.25) is 0 Å². The molecular weight excluding hydrogens is 312 g/mol. The van der Waals surface area contributed by atoms with Crippen molar-refractivity contribution in [2.45, 2.75) is 19.1 Å². The van der Waals surface area contributed by atoms with Crippen LogP contribution in [-0.4, -0.2) is 30.6 Å². The van der Waals surface area contributed by atoms with Crippen molar-refractivity contribution in [1.82, 2.24) is 10.6 Å². The van der Waals surface area contributed by atoms with Crippen LogP contribution in [0, 0.1) is 0 Å². The zero-order valence-corrected chi connectivity index (χ0v) is 13.3. The zero-order valence-electron chi connectivity index (χ0n) is 13.3. The Bertz CT molecular complexity index is 669. The Hall–Kier alpha value is -2.80. The van der Waals surface area contributed by atoms with Gasteiger partial charge in [-0.1, -0.05) is 18.2 Å². The number of aliphatic hydroxyl groups excluding tert-OH is 1. The van der Waals surface area contributed by atoms with Gasteiger partial charge in [-0.15, -0.1) is 0 Å². The molecule has 0 bridgehead atoms. The van der Waals surface area contributed by atoms with Crippen molar-refractivity contribution < 1.29 is 23.8 Å². The van der Waals surface area contributed by atoms with Crippen molar-refractivity contribution in [3.63, 3.8) is 0 Å². The molecule has 0 radical (unpaired) electrons. The third-order valence-corrected chi connectivity index (χ3v) is 3.41. The maximum absolute atomic E-state index is 11.8. The number of aliphatic hydroxyl groups is 1. The highest BCUT2D eigenvalue weighted by Crippen LogP contribution is 2.17. The van der Waals surface area contributed by atoms with E-state index in [-0.39, 0.29) is 19.5 Å². The minimum absolute atomic E-state index is 0.156. The zero-order chi connectivity index (χ0) is 17.4. The van der Waals surface area contributed by atoms with Gasteiger partial charge in [-0.25, -0.2) is 0 Å². The number of carbonyl (C=O) groups excluding carboxylic acids is 2. The van der Waals surface area contributed by atoms with Gasteiger partial charge in [0.1, 0.15) is 17.6 Å². The van der Waals surface area contributed by atoms with E-state index in [1.807, 2.05) is 12.1 Å². The molecule has 1 aromatic carbocycles. The molecule has 0 unspecified atom stereocenters. The lowest BCUT2D eigenvalue weighted by Gasteiger charge is -2.10. The summed E-state index contributed by atoms with van der Waals surface area (Å²) in [5.41, 5.74) is 0.773. The first kappa shape index (κ1) is 17.6. The molecule has 3 N–H and O–H groups in total. The number of benzene rings is 1. The van der Waals surface area contributed by atoms with Crippen LogP contribution in [0.4, 0.5) is 0 Å². The van der Waals surface area contributed by atoms with E-state index in [0.29, 0.717) is 11.5 Å². The van der Waals surface area contributed by atoms with Crippen molar-refractivity contribution in [2.24, 2.45) is 0 Å². The van der Waals surface area contributed by atoms with Crippen LogP contribution in [0.5, 0.6) is 5.75 Å². The summed E-state index contributed by atoms with van der Waals surface area (Å²) in [7, 11) is 1.54. The van der Waals surface area contributed by atoms with Gasteiger partial charge in [-0.3, -0.25) is 9.59 Å². The third kappa shape index (κ3) is 4.85. The quantitative estimate of drug-likeness (QED) is 0.660. The lowest BCUT2D eigenvalue weighted by Crippen LogP contribution is -2.40. The number of para-hydroxylation sites is 1. The fourth-order valence-corrected chi connectivity index (χ4v) is 2.13. The summed E-state index contributed by atoms with van der Waals surface area (Å²) >= 11 is 0. The summed E-state index contributed by atoms with van der Waals surface area (Å²) in [4.78, 5) is 23.5. The highest BCUT2D eigenvalue weighted by atomic mass is 16.5. The van der Waals surface area contributed by atoms with E-state index in [9.17, 15) is 14.7 Å². The van der Waals surface area contributed by atoms with E-state index >= 15 is 0 Å². The van der Waals surface area contributed by atoms with E-state index < -0.39 is 17.9 Å². The van der Waals surface area contributed by atoms with Crippen molar-refractivity contribution in [1.29, 1.82) is 0 Å². The van der Waals surface area contributed by atoms with E-state index in [0.717, 1.165) is 5.56 Å². The van der Waals surface area contributed by atoms with Crippen LogP contribution in [0.1, 0.15) is 23.8 Å². The fraction of sp³-hybridized carbons (Fsp3) is 0.294. The largest absolute Gasteiger partial charge is 0.496 e. The van der Waals surface area contributed by atoms with Crippen LogP contribution in [-0.2, 0) is 16.1 Å². The molecule has 0 aliphatic rings. The monoisotopic (exact) mass is 332 g/mol. The van der Waals surface area contributed by atoms with Crippen LogP contribution >= 0.6 is 0 Å². The Morgan fingerprint density at radius 1 is 1.17 bits per heavy atom. The van der Waals surface area contributed by atoms with E-state index in [2.05, 4.69) is 10.6 Å². The smallest absolute Gasteiger partial charge is 0.309 e. The van der Waals surface area contributed by atoms with Crippen LogP contribution in [0.3, 0.4) is 0 Å². The number of methoxy groups -OCH3 is 1. The van der Waals surface area contributed by atoms with Gasteiger partial charge in [0.2, 0.25) is 0 Å². The van der Waals surface area contributed by atoms with Gasteiger partial charge in [0.15, 0.2) is 0 Å². The first-order valence-electron chi connectivity index (χ1n) is 7.51. The normalized spacial score (nSPS) is 11.6. The summed E-state index contributed by atoms with van der Waals surface area (Å²) in [5, 5.41) is 14.8. The van der Waals surface area contributed by atoms with Gasteiger partial charge in [-0.2, -0.15) is 0 Å². The summed E-state index contributed by atoms with van der Waals surface area (Å²) in [6.45, 7) is 0.341. The molecule has 0 spiro atoms. The summed E-state index contributed by atoms with van der Waals surface area (Å²) < 4.78 is 10.2. The number of hydrogen-bond donors (Lipinski definition) is 3.